The summed E-state index contributed by atoms with van der Waals surface area (Å²) in [4.78, 5) is 51.4. The quantitative estimate of drug-likeness (QED) is 0.345. The largest absolute Gasteiger partial charge is 0.436 e. The number of aromatic amines is 1. The lowest BCUT2D eigenvalue weighted by Gasteiger charge is -2.51. The highest BCUT2D eigenvalue weighted by Gasteiger charge is 2.41. The van der Waals surface area contributed by atoms with E-state index in [1.54, 1.807) is 4.90 Å². The van der Waals surface area contributed by atoms with Gasteiger partial charge < -0.3 is 24.8 Å². The van der Waals surface area contributed by atoms with Crippen molar-refractivity contribution in [3.63, 3.8) is 0 Å². The van der Waals surface area contributed by atoms with Crippen molar-refractivity contribution in [2.45, 2.75) is 56.5 Å². The first-order valence-electron chi connectivity index (χ1n) is 18.0. The van der Waals surface area contributed by atoms with Crippen molar-refractivity contribution in [3.8, 4) is 11.4 Å². The maximum absolute atomic E-state index is 14.1. The number of aromatic nitrogens is 3. The highest BCUT2D eigenvalue weighted by Crippen LogP contribution is 2.40. The van der Waals surface area contributed by atoms with Gasteiger partial charge in [0.15, 0.2) is 11.9 Å². The minimum absolute atomic E-state index is 0.124. The fraction of sp³-hybridized carbons (Fsp3) is 0.556. The molecule has 0 aliphatic carbocycles. The molecule has 5 aliphatic rings. The number of hydrogen-bond donors (Lipinski definition) is 2. The van der Waals surface area contributed by atoms with Crippen LogP contribution in [0.15, 0.2) is 47.3 Å². The molecule has 5 fully saturated rings. The molecule has 1 unspecified atom stereocenters. The van der Waals surface area contributed by atoms with Crippen molar-refractivity contribution in [1.29, 1.82) is 0 Å². The van der Waals surface area contributed by atoms with Gasteiger partial charge in [-0.05, 0) is 62.4 Å². The van der Waals surface area contributed by atoms with Crippen LogP contribution >= 0.6 is 11.6 Å². The highest BCUT2D eigenvalue weighted by molar-refractivity contribution is 6.33. The number of hydrogen-bond acceptors (Lipinski definition) is 8. The van der Waals surface area contributed by atoms with Gasteiger partial charge in [-0.3, -0.25) is 14.7 Å². The summed E-state index contributed by atoms with van der Waals surface area (Å²) in [7, 11) is 1.35. The summed E-state index contributed by atoms with van der Waals surface area (Å²) in [6, 6.07) is 11.8. The van der Waals surface area contributed by atoms with Crippen LogP contribution in [0.3, 0.4) is 0 Å². The molecule has 2 bridgehead atoms. The zero-order valence-corrected chi connectivity index (χ0v) is 29.8. The summed E-state index contributed by atoms with van der Waals surface area (Å²) < 4.78 is 49.4. The van der Waals surface area contributed by atoms with E-state index in [4.69, 9.17) is 16.3 Å². The summed E-state index contributed by atoms with van der Waals surface area (Å²) >= 11 is 6.29. The average Bonchev–Trinajstić information content (AvgIpc) is 3.56. The number of alkyl halides is 3. The SMILES string of the molecule is CNc1c(Cl)cc(C[C@@H](OC(=O)N2CCC(n3nc(-c4ccccc4)[nH]c3=O)CC2)C(=O)N2CCN(C3CN4CCC3CC4)CC2)cc1C(F)(F)F. The predicted molar refractivity (Wildman–Crippen MR) is 189 cm³/mol. The third kappa shape index (κ3) is 7.67. The van der Waals surface area contributed by atoms with Crippen molar-refractivity contribution in [3.05, 3.63) is 69.1 Å². The van der Waals surface area contributed by atoms with Gasteiger partial charge >= 0.3 is 18.0 Å². The maximum Gasteiger partial charge on any atom is 0.418 e. The number of anilines is 1. The van der Waals surface area contributed by atoms with E-state index in [9.17, 15) is 27.6 Å². The number of piperidine rings is 4. The molecule has 1 aromatic heterocycles. The molecule has 3 aromatic rings. The molecule has 52 heavy (non-hydrogen) atoms. The number of rotatable bonds is 8. The van der Waals surface area contributed by atoms with Gasteiger partial charge in [-0.2, -0.15) is 13.2 Å². The Balaban J connectivity index is 1.04. The van der Waals surface area contributed by atoms with Gasteiger partial charge in [-0.15, -0.1) is 5.10 Å². The molecule has 8 rings (SSSR count). The first-order valence-corrected chi connectivity index (χ1v) is 18.4. The van der Waals surface area contributed by atoms with Crippen LogP contribution in [0, 0.1) is 5.92 Å². The van der Waals surface area contributed by atoms with Crippen LogP contribution in [0.1, 0.15) is 42.9 Å². The monoisotopic (exact) mass is 744 g/mol. The van der Waals surface area contributed by atoms with E-state index < -0.39 is 29.8 Å². The summed E-state index contributed by atoms with van der Waals surface area (Å²) in [5.74, 6) is 0.654. The van der Waals surface area contributed by atoms with Gasteiger partial charge in [0.2, 0.25) is 0 Å². The molecule has 0 spiro atoms. The molecule has 2 amide bonds. The van der Waals surface area contributed by atoms with Gasteiger partial charge in [0, 0.05) is 70.9 Å². The number of carbonyl (C=O) groups excluding carboxylic acids is 2. The fourth-order valence-electron chi connectivity index (χ4n) is 8.28. The van der Waals surface area contributed by atoms with Gasteiger partial charge in [0.05, 0.1) is 22.3 Å². The highest BCUT2D eigenvalue weighted by atomic mass is 35.5. The van der Waals surface area contributed by atoms with Crippen LogP contribution in [0.25, 0.3) is 11.4 Å². The Morgan fingerprint density at radius 3 is 2.29 bits per heavy atom. The molecule has 0 radical (unpaired) electrons. The number of carbonyl (C=O) groups is 2. The van der Waals surface area contributed by atoms with E-state index in [2.05, 4.69) is 25.2 Å². The topological polar surface area (TPSA) is 119 Å². The van der Waals surface area contributed by atoms with Gasteiger partial charge in [-0.1, -0.05) is 41.9 Å². The molecule has 2 atom stereocenters. The number of piperazine rings is 1. The van der Waals surface area contributed by atoms with E-state index in [1.165, 1.54) is 35.5 Å². The van der Waals surface area contributed by atoms with Crippen molar-refractivity contribution < 1.29 is 27.5 Å². The van der Waals surface area contributed by atoms with Crippen molar-refractivity contribution in [2.75, 3.05) is 71.3 Å². The number of H-pyrrole nitrogens is 1. The fourth-order valence-corrected chi connectivity index (χ4v) is 8.61. The second-order valence-electron chi connectivity index (χ2n) is 14.2. The minimum atomic E-state index is -4.71. The van der Waals surface area contributed by atoms with Crippen LogP contribution in [-0.4, -0.2) is 124 Å². The molecular formula is C36H44ClF3N8O4. The molecule has 2 aromatic carbocycles. The molecule has 0 saturated carbocycles. The molecule has 280 valence electrons. The van der Waals surface area contributed by atoms with Crippen LogP contribution in [0.2, 0.25) is 5.02 Å². The maximum atomic E-state index is 14.1. The number of amides is 2. The predicted octanol–water partition coefficient (Wildman–Crippen LogP) is 4.58. The lowest BCUT2D eigenvalue weighted by molar-refractivity contribution is -0.143. The van der Waals surface area contributed by atoms with Gasteiger partial charge in [0.1, 0.15) is 0 Å². The van der Waals surface area contributed by atoms with E-state index in [1.807, 2.05) is 30.3 Å². The lowest BCUT2D eigenvalue weighted by Crippen LogP contribution is -2.62. The number of nitrogens with zero attached hydrogens (tertiary/aromatic N) is 6. The molecule has 5 saturated heterocycles. The molecule has 16 heteroatoms. The second-order valence-corrected chi connectivity index (χ2v) is 14.6. The summed E-state index contributed by atoms with van der Waals surface area (Å²) in [5.41, 5.74) is -0.678. The van der Waals surface area contributed by atoms with E-state index in [-0.39, 0.29) is 47.5 Å². The van der Waals surface area contributed by atoms with Gasteiger partial charge in [-0.25, -0.2) is 14.3 Å². The summed E-state index contributed by atoms with van der Waals surface area (Å²) in [6.45, 7) is 5.99. The molecular weight excluding hydrogens is 701 g/mol. The van der Waals surface area contributed by atoms with Crippen LogP contribution in [0.4, 0.5) is 23.7 Å². The average molecular weight is 745 g/mol. The molecule has 6 heterocycles. The molecule has 5 aliphatic heterocycles. The second kappa shape index (κ2) is 15.1. The Kier molecular flexibility index (Phi) is 10.5. The normalized spacial score (nSPS) is 23.4. The van der Waals surface area contributed by atoms with Crippen molar-refractivity contribution >= 4 is 29.3 Å². The number of ether oxygens (including phenoxy) is 1. The molecule has 12 nitrogen and oxygen atoms in total. The lowest BCUT2D eigenvalue weighted by atomic mass is 9.83. The van der Waals surface area contributed by atoms with Crippen LogP contribution in [0.5, 0.6) is 0 Å². The van der Waals surface area contributed by atoms with E-state index in [0.29, 0.717) is 56.8 Å². The van der Waals surface area contributed by atoms with Crippen molar-refractivity contribution in [2.24, 2.45) is 5.92 Å². The Labute approximate surface area is 304 Å². The Bertz CT molecular complexity index is 1800. The minimum Gasteiger partial charge on any atom is -0.436 e. The summed E-state index contributed by atoms with van der Waals surface area (Å²) in [6.07, 6.45) is -3.89. The molecule has 2 N–H and O–H groups in total. The Hall–Kier alpha value is -4.08. The van der Waals surface area contributed by atoms with Crippen LogP contribution < -0.4 is 11.0 Å². The standard InChI is InChI=1S/C36H44ClF3N8O4/c1-41-31-27(36(38,39)40)19-23(20-28(31)37)21-30(33(49)46-17-15-45(16-18-46)29-22-44-11-7-24(29)8-12-44)52-35(51)47-13-9-26(10-14-47)48-34(50)42-32(43-48)25-5-3-2-4-6-25/h2-6,19-20,24,26,29-30,41H,7-18,21-22H2,1H3,(H,42,43,50)/t29?,30-/m1/s1. The number of halogens is 4. The summed E-state index contributed by atoms with van der Waals surface area (Å²) in [5, 5.41) is 6.86. The third-order valence-corrected chi connectivity index (χ3v) is 11.4. The number of likely N-dealkylation sites (tertiary alicyclic amines) is 1. The van der Waals surface area contributed by atoms with Gasteiger partial charge in [0.25, 0.3) is 5.91 Å². The number of nitrogens with one attached hydrogen (secondary N) is 2. The smallest absolute Gasteiger partial charge is 0.418 e. The first kappa shape index (κ1) is 36.3. The van der Waals surface area contributed by atoms with E-state index in [0.717, 1.165) is 31.3 Å². The zero-order chi connectivity index (χ0) is 36.6. The van der Waals surface area contributed by atoms with Crippen LogP contribution in [-0.2, 0) is 22.1 Å². The van der Waals surface area contributed by atoms with Crippen molar-refractivity contribution in [1.82, 2.24) is 34.4 Å². The zero-order valence-electron chi connectivity index (χ0n) is 29.1. The third-order valence-electron chi connectivity index (χ3n) is 11.1. The first-order chi connectivity index (χ1) is 25.0. The number of benzene rings is 2. The Morgan fingerprint density at radius 1 is 0.981 bits per heavy atom. The Morgan fingerprint density at radius 2 is 1.67 bits per heavy atom. The number of fused-ring (bicyclic) bond motifs is 3. The van der Waals surface area contributed by atoms with E-state index >= 15 is 0 Å².